The van der Waals surface area contributed by atoms with Gasteiger partial charge in [-0.2, -0.15) is 5.10 Å². The fourth-order valence-electron chi connectivity index (χ4n) is 3.47. The van der Waals surface area contributed by atoms with Gasteiger partial charge in [0, 0.05) is 23.9 Å². The van der Waals surface area contributed by atoms with E-state index in [0.717, 1.165) is 28.0 Å². The van der Waals surface area contributed by atoms with Gasteiger partial charge in [-0.1, -0.05) is 42.1 Å². The highest BCUT2D eigenvalue weighted by Crippen LogP contribution is 2.30. The lowest BCUT2D eigenvalue weighted by Gasteiger charge is -2.06. The first-order valence-electron chi connectivity index (χ1n) is 10.1. The SMILES string of the molecule is CNC(=O)c1ccc(NC(=O)CSc2nc(-c3ccccc3)c3c(C)cc(C)nn23)cc1. The molecule has 0 spiro atoms. The summed E-state index contributed by atoms with van der Waals surface area (Å²) in [4.78, 5) is 29.0. The van der Waals surface area contributed by atoms with Crippen LogP contribution in [0.4, 0.5) is 5.69 Å². The average Bonchev–Trinajstić information content (AvgIpc) is 3.17. The number of nitrogens with zero attached hydrogens (tertiary/aromatic N) is 3. The maximum Gasteiger partial charge on any atom is 0.251 e. The molecule has 0 bridgehead atoms. The van der Waals surface area contributed by atoms with Crippen molar-refractivity contribution in [2.24, 2.45) is 0 Å². The molecular formula is C24H23N5O2S. The van der Waals surface area contributed by atoms with E-state index in [1.807, 2.05) is 54.8 Å². The first-order valence-corrected chi connectivity index (χ1v) is 11.1. The Bertz CT molecular complexity index is 1280. The summed E-state index contributed by atoms with van der Waals surface area (Å²) in [5.74, 6) is -0.152. The maximum atomic E-state index is 12.5. The summed E-state index contributed by atoms with van der Waals surface area (Å²) in [7, 11) is 1.58. The van der Waals surface area contributed by atoms with Crippen LogP contribution >= 0.6 is 11.8 Å². The highest BCUT2D eigenvalue weighted by Gasteiger charge is 2.18. The number of imidazole rings is 1. The van der Waals surface area contributed by atoms with Crippen LogP contribution in [0.5, 0.6) is 0 Å². The zero-order chi connectivity index (χ0) is 22.7. The third-order valence-electron chi connectivity index (χ3n) is 4.92. The second kappa shape index (κ2) is 9.23. The van der Waals surface area contributed by atoms with Gasteiger partial charge in [0.25, 0.3) is 5.91 Å². The summed E-state index contributed by atoms with van der Waals surface area (Å²) < 4.78 is 1.82. The van der Waals surface area contributed by atoms with Gasteiger partial charge in [0.2, 0.25) is 5.91 Å². The third-order valence-corrected chi connectivity index (χ3v) is 5.85. The molecule has 0 fully saturated rings. The largest absolute Gasteiger partial charge is 0.355 e. The van der Waals surface area contributed by atoms with Crippen molar-refractivity contribution in [3.05, 3.63) is 77.5 Å². The smallest absolute Gasteiger partial charge is 0.251 e. The molecule has 0 radical (unpaired) electrons. The second-order valence-electron chi connectivity index (χ2n) is 7.33. The Hall–Kier alpha value is -3.65. The van der Waals surface area contributed by atoms with Crippen LogP contribution in [0, 0.1) is 13.8 Å². The molecule has 4 rings (SSSR count). The number of benzene rings is 2. The van der Waals surface area contributed by atoms with Crippen LogP contribution in [0.3, 0.4) is 0 Å². The molecule has 0 aliphatic rings. The van der Waals surface area contributed by atoms with Crippen molar-refractivity contribution in [3.8, 4) is 11.3 Å². The van der Waals surface area contributed by atoms with Crippen LogP contribution in [-0.2, 0) is 4.79 Å². The minimum absolute atomic E-state index is 0.162. The van der Waals surface area contributed by atoms with Crippen LogP contribution in [0.1, 0.15) is 21.6 Å². The predicted molar refractivity (Wildman–Crippen MR) is 127 cm³/mol. The van der Waals surface area contributed by atoms with E-state index in [1.165, 1.54) is 11.8 Å². The van der Waals surface area contributed by atoms with Gasteiger partial charge in [0.15, 0.2) is 5.16 Å². The standard InChI is InChI=1S/C24H23N5O2S/c1-15-13-16(2)28-29-22(15)21(17-7-5-4-6-8-17)27-24(29)32-14-20(30)26-19-11-9-18(10-12-19)23(31)25-3/h4-13H,14H2,1-3H3,(H,25,31)(H,26,30). The number of carbonyl (C=O) groups excluding carboxylic acids is 2. The summed E-state index contributed by atoms with van der Waals surface area (Å²) in [5.41, 5.74) is 5.93. The fourth-order valence-corrected chi connectivity index (χ4v) is 4.22. The van der Waals surface area contributed by atoms with Crippen molar-refractivity contribution in [2.45, 2.75) is 19.0 Å². The number of thioether (sulfide) groups is 1. The van der Waals surface area contributed by atoms with Gasteiger partial charge in [-0.05, 0) is 49.7 Å². The first kappa shape index (κ1) is 21.6. The lowest BCUT2D eigenvalue weighted by molar-refractivity contribution is -0.113. The molecule has 0 aliphatic heterocycles. The average molecular weight is 446 g/mol. The topological polar surface area (TPSA) is 88.4 Å². The molecule has 7 nitrogen and oxygen atoms in total. The van der Waals surface area contributed by atoms with Gasteiger partial charge >= 0.3 is 0 Å². The van der Waals surface area contributed by atoms with Gasteiger partial charge < -0.3 is 10.6 Å². The number of rotatable bonds is 6. The zero-order valence-electron chi connectivity index (χ0n) is 18.0. The number of aromatic nitrogens is 3. The third kappa shape index (κ3) is 4.50. The summed E-state index contributed by atoms with van der Waals surface area (Å²) >= 11 is 1.34. The molecule has 0 saturated heterocycles. The Morgan fingerprint density at radius 2 is 1.75 bits per heavy atom. The molecule has 2 aromatic carbocycles. The minimum atomic E-state index is -0.170. The van der Waals surface area contributed by atoms with Gasteiger partial charge in [0.1, 0.15) is 0 Å². The van der Waals surface area contributed by atoms with E-state index < -0.39 is 0 Å². The monoisotopic (exact) mass is 445 g/mol. The van der Waals surface area contributed by atoms with Crippen molar-refractivity contribution >= 4 is 34.8 Å². The Morgan fingerprint density at radius 3 is 2.44 bits per heavy atom. The Labute approximate surface area is 190 Å². The van der Waals surface area contributed by atoms with Crippen LogP contribution in [0.15, 0.2) is 65.8 Å². The molecule has 0 unspecified atom stereocenters. The van der Waals surface area contributed by atoms with E-state index in [4.69, 9.17) is 4.98 Å². The van der Waals surface area contributed by atoms with Gasteiger partial charge in [0.05, 0.1) is 22.7 Å². The van der Waals surface area contributed by atoms with Crippen LogP contribution in [0.25, 0.3) is 16.8 Å². The van der Waals surface area contributed by atoms with E-state index in [9.17, 15) is 9.59 Å². The quantitative estimate of drug-likeness (QED) is 0.436. The molecule has 0 saturated carbocycles. The fraction of sp³-hybridized carbons (Fsp3) is 0.167. The van der Waals surface area contributed by atoms with Crippen LogP contribution < -0.4 is 10.6 Å². The number of hydrogen-bond donors (Lipinski definition) is 2. The summed E-state index contributed by atoms with van der Waals surface area (Å²) in [5, 5.41) is 10.7. The lowest BCUT2D eigenvalue weighted by Crippen LogP contribution is -2.18. The van der Waals surface area contributed by atoms with Gasteiger partial charge in [-0.25, -0.2) is 9.50 Å². The van der Waals surface area contributed by atoms with Crippen molar-refractivity contribution < 1.29 is 9.59 Å². The van der Waals surface area contributed by atoms with E-state index in [2.05, 4.69) is 15.7 Å². The molecule has 162 valence electrons. The summed E-state index contributed by atoms with van der Waals surface area (Å²) in [6, 6.07) is 18.8. The number of amides is 2. The molecule has 0 atom stereocenters. The molecule has 2 N–H and O–H groups in total. The Balaban J connectivity index is 1.54. The van der Waals surface area contributed by atoms with Crippen molar-refractivity contribution in [1.82, 2.24) is 19.9 Å². The molecule has 0 aliphatic carbocycles. The zero-order valence-corrected chi connectivity index (χ0v) is 18.9. The first-order chi connectivity index (χ1) is 15.5. The molecule has 2 aromatic heterocycles. The van der Waals surface area contributed by atoms with E-state index in [1.54, 1.807) is 31.3 Å². The molecule has 32 heavy (non-hydrogen) atoms. The maximum absolute atomic E-state index is 12.5. The molecular weight excluding hydrogens is 422 g/mol. The lowest BCUT2D eigenvalue weighted by atomic mass is 10.1. The van der Waals surface area contributed by atoms with Gasteiger partial charge in [-0.3, -0.25) is 9.59 Å². The van der Waals surface area contributed by atoms with Crippen molar-refractivity contribution in [3.63, 3.8) is 0 Å². The highest BCUT2D eigenvalue weighted by atomic mass is 32.2. The number of carbonyl (C=O) groups is 2. The highest BCUT2D eigenvalue weighted by molar-refractivity contribution is 7.99. The molecule has 4 aromatic rings. The number of fused-ring (bicyclic) bond motifs is 1. The summed E-state index contributed by atoms with van der Waals surface area (Å²) in [6.07, 6.45) is 0. The normalized spacial score (nSPS) is 10.8. The minimum Gasteiger partial charge on any atom is -0.355 e. The molecule has 8 heteroatoms. The van der Waals surface area contributed by atoms with Gasteiger partial charge in [-0.15, -0.1) is 0 Å². The van der Waals surface area contributed by atoms with E-state index >= 15 is 0 Å². The van der Waals surface area contributed by atoms with Crippen LogP contribution in [0.2, 0.25) is 0 Å². The number of hydrogen-bond acceptors (Lipinski definition) is 5. The second-order valence-corrected chi connectivity index (χ2v) is 8.27. The van der Waals surface area contributed by atoms with E-state index in [-0.39, 0.29) is 17.6 Å². The van der Waals surface area contributed by atoms with Crippen molar-refractivity contribution in [2.75, 3.05) is 18.1 Å². The number of anilines is 1. The molecule has 2 amide bonds. The predicted octanol–water partition coefficient (Wildman–Crippen LogP) is 4.10. The Kier molecular flexibility index (Phi) is 6.23. The molecule has 2 heterocycles. The number of nitrogens with one attached hydrogen (secondary N) is 2. The Morgan fingerprint density at radius 1 is 1.03 bits per heavy atom. The van der Waals surface area contributed by atoms with E-state index in [0.29, 0.717) is 16.4 Å². The van der Waals surface area contributed by atoms with Crippen molar-refractivity contribution in [1.29, 1.82) is 0 Å². The number of aryl methyl sites for hydroxylation is 2. The summed E-state index contributed by atoms with van der Waals surface area (Å²) in [6.45, 7) is 3.99. The van der Waals surface area contributed by atoms with Crippen LogP contribution in [-0.4, -0.2) is 39.2 Å².